The number of anilines is 2. The van der Waals surface area contributed by atoms with Gasteiger partial charge in [-0.15, -0.1) is 0 Å². The third-order valence-electron chi connectivity index (χ3n) is 3.24. The van der Waals surface area contributed by atoms with Crippen molar-refractivity contribution in [1.82, 2.24) is 4.98 Å². The number of hydrogen-bond donors (Lipinski definition) is 2. The number of aryl methyl sites for hydroxylation is 1. The van der Waals surface area contributed by atoms with Crippen molar-refractivity contribution in [3.05, 3.63) is 54.1 Å². The van der Waals surface area contributed by atoms with Crippen molar-refractivity contribution in [2.75, 3.05) is 17.7 Å². The van der Waals surface area contributed by atoms with Crippen molar-refractivity contribution < 1.29 is 18.7 Å². The maximum atomic E-state index is 13.6. The Bertz CT molecular complexity index is 707. The fourth-order valence-corrected chi connectivity index (χ4v) is 2.06. The molecule has 2 N–H and O–H groups in total. The van der Waals surface area contributed by atoms with Crippen LogP contribution in [0.3, 0.4) is 0 Å². The molecular formula is C17H18FN3O3. The Morgan fingerprint density at radius 2 is 2.04 bits per heavy atom. The zero-order valence-corrected chi connectivity index (χ0v) is 13.2. The summed E-state index contributed by atoms with van der Waals surface area (Å²) < 4.78 is 18.0. The number of amides is 2. The van der Waals surface area contributed by atoms with E-state index in [9.17, 15) is 14.0 Å². The van der Waals surface area contributed by atoms with Crippen LogP contribution >= 0.6 is 0 Å². The fourth-order valence-electron chi connectivity index (χ4n) is 2.06. The lowest BCUT2D eigenvalue weighted by atomic mass is 10.1. The number of nitrogens with one attached hydrogen (secondary N) is 2. The molecule has 0 fully saturated rings. The van der Waals surface area contributed by atoms with E-state index in [2.05, 4.69) is 20.4 Å². The second-order valence-corrected chi connectivity index (χ2v) is 5.03. The van der Waals surface area contributed by atoms with Crippen LogP contribution in [0.5, 0.6) is 0 Å². The Balaban J connectivity index is 1.87. The molecule has 0 radical (unpaired) electrons. The van der Waals surface area contributed by atoms with Crippen LogP contribution in [0.1, 0.15) is 18.5 Å². The molecule has 0 spiro atoms. The van der Waals surface area contributed by atoms with Crippen LogP contribution in [0.2, 0.25) is 0 Å². The molecule has 0 aliphatic heterocycles. The molecule has 0 atom stereocenters. The Morgan fingerprint density at radius 1 is 1.21 bits per heavy atom. The maximum Gasteiger partial charge on any atom is 0.411 e. The van der Waals surface area contributed by atoms with Gasteiger partial charge in [0.25, 0.3) is 0 Å². The molecule has 0 aliphatic rings. The number of halogens is 1. The molecule has 2 aromatic rings. The highest BCUT2D eigenvalue weighted by Crippen LogP contribution is 2.20. The number of nitrogens with zero attached hydrogens (tertiary/aromatic N) is 1. The fraction of sp³-hybridized carbons (Fsp3) is 0.235. The van der Waals surface area contributed by atoms with Crippen LogP contribution in [-0.4, -0.2) is 24.1 Å². The summed E-state index contributed by atoms with van der Waals surface area (Å²) in [5.41, 5.74) is 1.26. The van der Waals surface area contributed by atoms with Gasteiger partial charge in [-0.2, -0.15) is 0 Å². The molecule has 0 saturated carbocycles. The topological polar surface area (TPSA) is 80.3 Å². The number of hydrogen-bond acceptors (Lipinski definition) is 4. The van der Waals surface area contributed by atoms with E-state index in [1.54, 1.807) is 6.20 Å². The van der Waals surface area contributed by atoms with Crippen molar-refractivity contribution in [3.8, 4) is 0 Å². The number of ether oxygens (including phenoxy) is 1. The average molecular weight is 331 g/mol. The van der Waals surface area contributed by atoms with Crippen LogP contribution in [0.4, 0.5) is 20.6 Å². The van der Waals surface area contributed by atoms with E-state index >= 15 is 0 Å². The van der Waals surface area contributed by atoms with Crippen molar-refractivity contribution in [1.29, 1.82) is 0 Å². The first-order valence-electron chi connectivity index (χ1n) is 7.43. The van der Waals surface area contributed by atoms with Gasteiger partial charge in [0.05, 0.1) is 12.8 Å². The number of rotatable bonds is 6. The molecule has 0 bridgehead atoms. The molecule has 2 amide bonds. The number of benzene rings is 1. The highest BCUT2D eigenvalue weighted by molar-refractivity contribution is 5.92. The van der Waals surface area contributed by atoms with Crippen molar-refractivity contribution in [2.24, 2.45) is 0 Å². The van der Waals surface area contributed by atoms with Crippen LogP contribution in [0.25, 0.3) is 0 Å². The molecule has 126 valence electrons. The van der Waals surface area contributed by atoms with E-state index in [0.29, 0.717) is 24.9 Å². The lowest BCUT2D eigenvalue weighted by Gasteiger charge is -2.09. The Hall–Kier alpha value is -2.96. The molecule has 0 saturated heterocycles. The molecule has 6 nitrogen and oxygen atoms in total. The maximum absolute atomic E-state index is 13.6. The highest BCUT2D eigenvalue weighted by Gasteiger charge is 2.09. The summed E-state index contributed by atoms with van der Waals surface area (Å²) in [6.45, 7) is 0. The molecule has 2 rings (SSSR count). The van der Waals surface area contributed by atoms with Gasteiger partial charge >= 0.3 is 6.09 Å². The van der Waals surface area contributed by atoms with Gasteiger partial charge in [0.15, 0.2) is 0 Å². The summed E-state index contributed by atoms with van der Waals surface area (Å²) in [6.07, 6.45) is 2.59. The largest absolute Gasteiger partial charge is 0.453 e. The molecule has 1 aromatic heterocycles. The normalized spacial score (nSPS) is 10.1. The molecule has 1 heterocycles. The van der Waals surface area contributed by atoms with Gasteiger partial charge in [-0.1, -0.05) is 6.07 Å². The second-order valence-electron chi connectivity index (χ2n) is 5.03. The van der Waals surface area contributed by atoms with Gasteiger partial charge < -0.3 is 10.1 Å². The summed E-state index contributed by atoms with van der Waals surface area (Å²) in [4.78, 5) is 27.3. The van der Waals surface area contributed by atoms with Gasteiger partial charge in [0.1, 0.15) is 5.82 Å². The monoisotopic (exact) mass is 331 g/mol. The first kappa shape index (κ1) is 17.4. The second kappa shape index (κ2) is 8.61. The summed E-state index contributed by atoms with van der Waals surface area (Å²) in [7, 11) is 1.18. The minimum absolute atomic E-state index is 0.0619. The first-order chi connectivity index (χ1) is 11.6. The zero-order valence-electron chi connectivity index (χ0n) is 13.2. The predicted octanol–water partition coefficient (Wildman–Crippen LogP) is 3.36. The first-order valence-corrected chi connectivity index (χ1v) is 7.43. The quantitative estimate of drug-likeness (QED) is 0.850. The summed E-state index contributed by atoms with van der Waals surface area (Å²) in [6, 6.07) is 9.57. The van der Waals surface area contributed by atoms with Crippen LogP contribution in [0.15, 0.2) is 42.6 Å². The van der Waals surface area contributed by atoms with E-state index in [-0.39, 0.29) is 11.6 Å². The number of carbonyl (C=O) groups excluding carboxylic acids is 2. The SMILES string of the molecule is COC(=O)Nc1cc(NC(=O)CCCc2ccccn2)ccc1F. The van der Waals surface area contributed by atoms with E-state index in [1.165, 1.54) is 19.2 Å². The average Bonchev–Trinajstić information content (AvgIpc) is 2.58. The van der Waals surface area contributed by atoms with Crippen molar-refractivity contribution in [3.63, 3.8) is 0 Å². The summed E-state index contributed by atoms with van der Waals surface area (Å²) >= 11 is 0. The Morgan fingerprint density at radius 3 is 2.75 bits per heavy atom. The van der Waals surface area contributed by atoms with E-state index in [0.717, 1.165) is 11.8 Å². The zero-order chi connectivity index (χ0) is 17.4. The predicted molar refractivity (Wildman–Crippen MR) is 88.2 cm³/mol. The van der Waals surface area contributed by atoms with Gasteiger partial charge in [0.2, 0.25) is 5.91 Å². The minimum atomic E-state index is -0.785. The van der Waals surface area contributed by atoms with E-state index in [1.807, 2.05) is 18.2 Å². The lowest BCUT2D eigenvalue weighted by Crippen LogP contribution is -2.14. The third-order valence-corrected chi connectivity index (χ3v) is 3.24. The Labute approximate surface area is 139 Å². The molecule has 0 unspecified atom stereocenters. The van der Waals surface area contributed by atoms with Crippen molar-refractivity contribution >= 4 is 23.4 Å². The van der Waals surface area contributed by atoms with E-state index in [4.69, 9.17) is 0 Å². The van der Waals surface area contributed by atoms with Gasteiger partial charge in [0, 0.05) is 24.0 Å². The van der Waals surface area contributed by atoms with Gasteiger partial charge in [-0.25, -0.2) is 9.18 Å². The van der Waals surface area contributed by atoms with Gasteiger partial charge in [-0.3, -0.25) is 15.1 Å². The Kier molecular flexibility index (Phi) is 6.24. The van der Waals surface area contributed by atoms with Crippen LogP contribution in [-0.2, 0) is 16.0 Å². The van der Waals surface area contributed by atoms with Crippen LogP contribution in [0, 0.1) is 5.82 Å². The third kappa shape index (κ3) is 5.35. The lowest BCUT2D eigenvalue weighted by molar-refractivity contribution is -0.116. The molecule has 7 heteroatoms. The van der Waals surface area contributed by atoms with E-state index < -0.39 is 11.9 Å². The van der Waals surface area contributed by atoms with Crippen LogP contribution < -0.4 is 10.6 Å². The highest BCUT2D eigenvalue weighted by atomic mass is 19.1. The molecule has 0 aliphatic carbocycles. The number of carbonyl (C=O) groups is 2. The number of methoxy groups -OCH3 is 1. The molecular weight excluding hydrogens is 313 g/mol. The minimum Gasteiger partial charge on any atom is -0.453 e. The van der Waals surface area contributed by atoms with Gasteiger partial charge in [-0.05, 0) is 43.2 Å². The van der Waals surface area contributed by atoms with Crippen molar-refractivity contribution in [2.45, 2.75) is 19.3 Å². The number of pyridine rings is 1. The molecule has 24 heavy (non-hydrogen) atoms. The summed E-state index contributed by atoms with van der Waals surface area (Å²) in [5.74, 6) is -0.810. The number of aromatic nitrogens is 1. The smallest absolute Gasteiger partial charge is 0.411 e. The molecule has 1 aromatic carbocycles. The summed E-state index contributed by atoms with van der Waals surface area (Å²) in [5, 5.41) is 4.91. The standard InChI is InChI=1S/C17H18FN3O3/c1-24-17(23)21-15-11-13(8-9-14(15)18)20-16(22)7-4-6-12-5-2-3-10-19-12/h2-3,5,8-11H,4,6-7H2,1H3,(H,20,22)(H,21,23).